The van der Waals surface area contributed by atoms with Crippen molar-refractivity contribution in [2.75, 3.05) is 18.9 Å². The molecule has 15 heavy (non-hydrogen) atoms. The molecule has 1 aromatic heterocycles. The fourth-order valence-corrected chi connectivity index (χ4v) is 1.54. The second kappa shape index (κ2) is 4.04. The molecule has 0 unspecified atom stereocenters. The second-order valence-corrected chi connectivity index (χ2v) is 3.56. The zero-order chi connectivity index (χ0) is 10.8. The molecule has 1 aromatic rings. The number of pyridine rings is 1. The highest BCUT2D eigenvalue weighted by Crippen LogP contribution is 2.19. The average molecular weight is 228 g/mol. The lowest BCUT2D eigenvalue weighted by Crippen LogP contribution is -2.27. The number of carbonyl (C=O) groups is 1. The molecule has 2 N–H and O–H groups in total. The van der Waals surface area contributed by atoms with Crippen molar-refractivity contribution in [1.29, 1.82) is 0 Å². The number of nitrogens with two attached hydrogens (primary N) is 1. The van der Waals surface area contributed by atoms with Crippen LogP contribution in [0.3, 0.4) is 0 Å². The summed E-state index contributed by atoms with van der Waals surface area (Å²) in [7, 11) is 0. The summed E-state index contributed by atoms with van der Waals surface area (Å²) in [6.07, 6.45) is 2.24. The number of hydrogen-bond acceptors (Lipinski definition) is 4. The Bertz CT molecular complexity index is 391. The highest BCUT2D eigenvalue weighted by Gasteiger charge is 2.23. The van der Waals surface area contributed by atoms with Gasteiger partial charge in [0.25, 0.3) is 5.91 Å². The van der Waals surface area contributed by atoms with E-state index in [1.165, 1.54) is 17.3 Å². The molecule has 2 heterocycles. The molecule has 1 saturated heterocycles. The van der Waals surface area contributed by atoms with Gasteiger partial charge in [0.2, 0.25) is 0 Å². The Labute approximate surface area is 91.7 Å². The second-order valence-electron chi connectivity index (χ2n) is 3.20. The molecule has 1 amide bonds. The van der Waals surface area contributed by atoms with Gasteiger partial charge in [-0.05, 0) is 12.5 Å². The fourth-order valence-electron chi connectivity index (χ4n) is 1.36. The Morgan fingerprint density at radius 3 is 3.13 bits per heavy atom. The minimum Gasteiger partial charge on any atom is -0.397 e. The van der Waals surface area contributed by atoms with Crippen LogP contribution in [-0.4, -0.2) is 29.1 Å². The van der Waals surface area contributed by atoms with E-state index >= 15 is 0 Å². The Kier molecular flexibility index (Phi) is 2.75. The number of amides is 1. The van der Waals surface area contributed by atoms with E-state index in [9.17, 15) is 4.79 Å². The van der Waals surface area contributed by atoms with Crippen molar-refractivity contribution in [3.8, 4) is 0 Å². The van der Waals surface area contributed by atoms with Gasteiger partial charge in [0, 0.05) is 0 Å². The molecule has 0 aliphatic carbocycles. The van der Waals surface area contributed by atoms with Gasteiger partial charge >= 0.3 is 0 Å². The number of nitrogen functional groups attached to an aromatic ring is 1. The number of anilines is 1. The molecule has 0 spiro atoms. The summed E-state index contributed by atoms with van der Waals surface area (Å²) in [5.41, 5.74) is 6.21. The summed E-state index contributed by atoms with van der Waals surface area (Å²) in [4.78, 5) is 20.8. The van der Waals surface area contributed by atoms with Crippen LogP contribution in [0.4, 0.5) is 5.69 Å². The van der Waals surface area contributed by atoms with Crippen molar-refractivity contribution in [1.82, 2.24) is 10.0 Å². The lowest BCUT2D eigenvalue weighted by Gasteiger charge is -2.14. The molecule has 0 radical (unpaired) electrons. The summed E-state index contributed by atoms with van der Waals surface area (Å²) < 4.78 is 0. The highest BCUT2D eigenvalue weighted by atomic mass is 35.5. The van der Waals surface area contributed by atoms with Crippen LogP contribution in [0.2, 0.25) is 5.15 Å². The molecule has 0 saturated carbocycles. The Hall–Kier alpha value is -1.33. The van der Waals surface area contributed by atoms with E-state index in [2.05, 4.69) is 4.98 Å². The SMILES string of the molecule is Nc1cnc(Cl)c(C(=O)N2CCCO2)c1. The third-order valence-corrected chi connectivity index (χ3v) is 2.37. The van der Waals surface area contributed by atoms with Crippen molar-refractivity contribution in [2.24, 2.45) is 0 Å². The Morgan fingerprint density at radius 2 is 2.47 bits per heavy atom. The van der Waals surface area contributed by atoms with Crippen LogP contribution in [0.25, 0.3) is 0 Å². The molecule has 1 aliphatic heterocycles. The number of carbonyl (C=O) groups excluding carboxylic acids is 1. The lowest BCUT2D eigenvalue weighted by molar-refractivity contribution is -0.0768. The normalized spacial score (nSPS) is 15.7. The van der Waals surface area contributed by atoms with Gasteiger partial charge < -0.3 is 5.73 Å². The van der Waals surface area contributed by atoms with Gasteiger partial charge in [-0.3, -0.25) is 9.63 Å². The van der Waals surface area contributed by atoms with Crippen molar-refractivity contribution < 1.29 is 9.63 Å². The maximum absolute atomic E-state index is 11.8. The van der Waals surface area contributed by atoms with E-state index in [1.54, 1.807) is 0 Å². The van der Waals surface area contributed by atoms with Crippen LogP contribution in [-0.2, 0) is 4.84 Å². The molecule has 5 nitrogen and oxygen atoms in total. The zero-order valence-corrected chi connectivity index (χ0v) is 8.70. The van der Waals surface area contributed by atoms with Gasteiger partial charge in [-0.1, -0.05) is 11.6 Å². The predicted molar refractivity (Wildman–Crippen MR) is 55.3 cm³/mol. The molecule has 0 atom stereocenters. The number of hydrogen-bond donors (Lipinski definition) is 1. The smallest absolute Gasteiger partial charge is 0.280 e. The third-order valence-electron chi connectivity index (χ3n) is 2.07. The van der Waals surface area contributed by atoms with Crippen molar-refractivity contribution in [3.05, 3.63) is 23.0 Å². The van der Waals surface area contributed by atoms with E-state index < -0.39 is 0 Å². The van der Waals surface area contributed by atoms with Gasteiger partial charge in [0.1, 0.15) is 5.15 Å². The Balaban J connectivity index is 2.27. The molecule has 1 aliphatic rings. The van der Waals surface area contributed by atoms with Gasteiger partial charge in [-0.25, -0.2) is 10.0 Å². The van der Waals surface area contributed by atoms with E-state index in [-0.39, 0.29) is 16.6 Å². The van der Waals surface area contributed by atoms with Gasteiger partial charge in [-0.2, -0.15) is 0 Å². The molecule has 0 aromatic carbocycles. The van der Waals surface area contributed by atoms with Gasteiger partial charge in [-0.15, -0.1) is 0 Å². The van der Waals surface area contributed by atoms with Gasteiger partial charge in [0.15, 0.2) is 0 Å². The zero-order valence-electron chi connectivity index (χ0n) is 7.94. The maximum atomic E-state index is 11.8. The van der Waals surface area contributed by atoms with Crippen LogP contribution in [0, 0.1) is 0 Å². The van der Waals surface area contributed by atoms with Crippen LogP contribution < -0.4 is 5.73 Å². The summed E-state index contributed by atoms with van der Waals surface area (Å²) in [6, 6.07) is 1.50. The average Bonchev–Trinajstić information content (AvgIpc) is 2.74. The molecular weight excluding hydrogens is 218 g/mol. The first kappa shape index (κ1) is 10.2. The monoisotopic (exact) mass is 227 g/mol. The number of halogens is 1. The van der Waals surface area contributed by atoms with Crippen LogP contribution >= 0.6 is 11.6 Å². The summed E-state index contributed by atoms with van der Waals surface area (Å²) >= 11 is 5.80. The summed E-state index contributed by atoms with van der Waals surface area (Å²) in [6.45, 7) is 1.13. The Morgan fingerprint density at radius 1 is 1.67 bits per heavy atom. The minimum absolute atomic E-state index is 0.143. The standard InChI is InChI=1S/C9H10ClN3O2/c10-8-7(4-6(11)5-12-8)9(14)13-2-1-3-15-13/h4-5H,1-3,11H2. The van der Waals surface area contributed by atoms with E-state index in [0.29, 0.717) is 18.8 Å². The van der Waals surface area contributed by atoms with Crippen LogP contribution in [0.1, 0.15) is 16.8 Å². The molecule has 0 bridgehead atoms. The van der Waals surface area contributed by atoms with Gasteiger partial charge in [0.05, 0.1) is 30.6 Å². The summed E-state index contributed by atoms with van der Waals surface area (Å²) in [5.74, 6) is -0.294. The summed E-state index contributed by atoms with van der Waals surface area (Å²) in [5, 5.41) is 1.42. The van der Waals surface area contributed by atoms with E-state index in [0.717, 1.165) is 6.42 Å². The van der Waals surface area contributed by atoms with Crippen molar-refractivity contribution in [3.63, 3.8) is 0 Å². The first-order chi connectivity index (χ1) is 7.18. The van der Waals surface area contributed by atoms with E-state index in [1.807, 2.05) is 0 Å². The van der Waals surface area contributed by atoms with E-state index in [4.69, 9.17) is 22.2 Å². The predicted octanol–water partition coefficient (Wildman–Crippen LogP) is 1.09. The molecule has 2 rings (SSSR count). The number of nitrogens with zero attached hydrogens (tertiary/aromatic N) is 2. The number of hydroxylamine groups is 2. The van der Waals surface area contributed by atoms with Crippen LogP contribution in [0.15, 0.2) is 12.3 Å². The van der Waals surface area contributed by atoms with Crippen LogP contribution in [0.5, 0.6) is 0 Å². The lowest BCUT2D eigenvalue weighted by atomic mass is 10.2. The molecule has 80 valence electrons. The molecular formula is C9H10ClN3O2. The first-order valence-electron chi connectivity index (χ1n) is 4.54. The third kappa shape index (κ3) is 2.03. The maximum Gasteiger partial charge on any atom is 0.280 e. The largest absolute Gasteiger partial charge is 0.397 e. The quantitative estimate of drug-likeness (QED) is 0.730. The number of rotatable bonds is 1. The molecule has 6 heteroatoms. The van der Waals surface area contributed by atoms with Crippen molar-refractivity contribution >= 4 is 23.2 Å². The van der Waals surface area contributed by atoms with Crippen molar-refractivity contribution in [2.45, 2.75) is 6.42 Å². The molecule has 1 fully saturated rings. The number of aromatic nitrogens is 1. The first-order valence-corrected chi connectivity index (χ1v) is 4.92. The topological polar surface area (TPSA) is 68.5 Å². The minimum atomic E-state index is -0.294. The fraction of sp³-hybridized carbons (Fsp3) is 0.333. The highest BCUT2D eigenvalue weighted by molar-refractivity contribution is 6.32.